The van der Waals surface area contributed by atoms with Crippen molar-refractivity contribution in [2.75, 3.05) is 0 Å². The van der Waals surface area contributed by atoms with Crippen LogP contribution in [0.5, 0.6) is 0 Å². The Labute approximate surface area is 97.0 Å². The minimum Gasteiger partial charge on any atom is -0.102 e. The minimum atomic E-state index is 0.169. The van der Waals surface area contributed by atoms with E-state index in [1.54, 1.807) is 0 Å². The fourth-order valence-corrected chi connectivity index (χ4v) is 2.72. The van der Waals surface area contributed by atoms with Crippen LogP contribution in [0.1, 0.15) is 52.9 Å². The molecule has 0 aromatic heterocycles. The SMILES string of the molecule is CC(C)(C)C#CCC1CCCC(Br)C1. The Morgan fingerprint density at radius 1 is 1.29 bits per heavy atom. The molecule has 0 N–H and O–H groups in total. The van der Waals surface area contributed by atoms with Crippen LogP contribution >= 0.6 is 15.9 Å². The van der Waals surface area contributed by atoms with Gasteiger partial charge in [0.25, 0.3) is 0 Å². The molecule has 0 spiro atoms. The van der Waals surface area contributed by atoms with Crippen molar-refractivity contribution in [1.82, 2.24) is 0 Å². The first-order chi connectivity index (χ1) is 6.47. The molecule has 0 amide bonds. The van der Waals surface area contributed by atoms with Crippen LogP contribution in [0.2, 0.25) is 0 Å². The van der Waals surface area contributed by atoms with Gasteiger partial charge in [-0.3, -0.25) is 0 Å². The second-order valence-corrected chi connectivity index (χ2v) is 6.68. The molecule has 0 aromatic rings. The van der Waals surface area contributed by atoms with Crippen molar-refractivity contribution in [1.29, 1.82) is 0 Å². The average molecular weight is 257 g/mol. The van der Waals surface area contributed by atoms with E-state index in [4.69, 9.17) is 0 Å². The monoisotopic (exact) mass is 256 g/mol. The molecule has 0 nitrogen and oxygen atoms in total. The maximum absolute atomic E-state index is 3.71. The summed E-state index contributed by atoms with van der Waals surface area (Å²) < 4.78 is 0. The minimum absolute atomic E-state index is 0.169. The zero-order valence-electron chi connectivity index (χ0n) is 9.57. The molecule has 2 atom stereocenters. The first-order valence-electron chi connectivity index (χ1n) is 5.61. The van der Waals surface area contributed by atoms with Crippen molar-refractivity contribution in [3.8, 4) is 11.8 Å². The van der Waals surface area contributed by atoms with Crippen LogP contribution in [0.25, 0.3) is 0 Å². The van der Waals surface area contributed by atoms with Crippen LogP contribution in [0.4, 0.5) is 0 Å². The zero-order valence-corrected chi connectivity index (χ0v) is 11.2. The van der Waals surface area contributed by atoms with Gasteiger partial charge < -0.3 is 0 Å². The van der Waals surface area contributed by atoms with Gasteiger partial charge >= 0.3 is 0 Å². The average Bonchev–Trinajstić information content (AvgIpc) is 2.01. The molecule has 80 valence electrons. The van der Waals surface area contributed by atoms with Gasteiger partial charge in [0.15, 0.2) is 0 Å². The third kappa shape index (κ3) is 5.05. The van der Waals surface area contributed by atoms with Crippen molar-refractivity contribution < 1.29 is 0 Å². The van der Waals surface area contributed by atoms with E-state index in [0.29, 0.717) is 0 Å². The van der Waals surface area contributed by atoms with E-state index in [2.05, 4.69) is 48.5 Å². The quantitative estimate of drug-likeness (QED) is 0.483. The molecule has 2 unspecified atom stereocenters. The van der Waals surface area contributed by atoms with E-state index in [9.17, 15) is 0 Å². The normalized spacial score (nSPS) is 28.0. The van der Waals surface area contributed by atoms with Crippen LogP contribution in [-0.4, -0.2) is 4.83 Å². The molecule has 1 rings (SSSR count). The smallest absolute Gasteiger partial charge is 0.0230 e. The molecule has 0 saturated heterocycles. The van der Waals surface area contributed by atoms with Crippen molar-refractivity contribution in [3.05, 3.63) is 0 Å². The predicted molar refractivity (Wildman–Crippen MR) is 66.5 cm³/mol. The highest BCUT2D eigenvalue weighted by molar-refractivity contribution is 9.09. The lowest BCUT2D eigenvalue weighted by atomic mass is 9.86. The summed E-state index contributed by atoms with van der Waals surface area (Å²) in [6, 6.07) is 0. The predicted octanol–water partition coefficient (Wildman–Crippen LogP) is 4.38. The number of halogens is 1. The van der Waals surface area contributed by atoms with Crippen LogP contribution in [0, 0.1) is 23.2 Å². The summed E-state index contributed by atoms with van der Waals surface area (Å²) >= 11 is 3.71. The van der Waals surface area contributed by atoms with Crippen LogP contribution < -0.4 is 0 Å². The maximum atomic E-state index is 3.71. The lowest BCUT2D eigenvalue weighted by Gasteiger charge is -2.23. The molecular formula is C13H21Br. The fourth-order valence-electron chi connectivity index (χ4n) is 1.87. The number of hydrogen-bond donors (Lipinski definition) is 0. The van der Waals surface area contributed by atoms with Gasteiger partial charge in [0, 0.05) is 16.7 Å². The summed E-state index contributed by atoms with van der Waals surface area (Å²) in [6.45, 7) is 6.52. The standard InChI is InChI=1S/C13H21Br/c1-13(2,3)9-5-7-11-6-4-8-12(14)10-11/h11-12H,4,6-8,10H2,1-3H3. The lowest BCUT2D eigenvalue weighted by molar-refractivity contribution is 0.376. The topological polar surface area (TPSA) is 0 Å². The summed E-state index contributed by atoms with van der Waals surface area (Å²) in [6.07, 6.45) is 6.51. The lowest BCUT2D eigenvalue weighted by Crippen LogP contribution is -2.14. The van der Waals surface area contributed by atoms with Gasteiger partial charge in [-0.25, -0.2) is 0 Å². The summed E-state index contributed by atoms with van der Waals surface area (Å²) in [7, 11) is 0. The molecule has 1 fully saturated rings. The van der Waals surface area contributed by atoms with Gasteiger partial charge in [0.2, 0.25) is 0 Å². The highest BCUT2D eigenvalue weighted by Crippen LogP contribution is 2.30. The van der Waals surface area contributed by atoms with Gasteiger partial charge in [-0.15, -0.1) is 5.92 Å². The van der Waals surface area contributed by atoms with E-state index in [0.717, 1.165) is 17.2 Å². The van der Waals surface area contributed by atoms with Gasteiger partial charge in [-0.1, -0.05) is 28.3 Å². The van der Waals surface area contributed by atoms with Gasteiger partial charge in [-0.2, -0.15) is 0 Å². The molecule has 0 heterocycles. The Bertz CT molecular complexity index is 226. The number of rotatable bonds is 1. The van der Waals surface area contributed by atoms with E-state index in [1.165, 1.54) is 25.7 Å². The summed E-state index contributed by atoms with van der Waals surface area (Å²) in [5.74, 6) is 7.50. The number of alkyl halides is 1. The van der Waals surface area contributed by atoms with Crippen LogP contribution in [-0.2, 0) is 0 Å². The molecule has 0 radical (unpaired) electrons. The molecule has 0 bridgehead atoms. The molecule has 0 aliphatic heterocycles. The molecule has 1 aliphatic carbocycles. The second-order valence-electron chi connectivity index (χ2n) is 5.39. The van der Waals surface area contributed by atoms with Crippen LogP contribution in [0.3, 0.4) is 0 Å². The van der Waals surface area contributed by atoms with Gasteiger partial charge in [0.05, 0.1) is 0 Å². The van der Waals surface area contributed by atoms with Crippen molar-refractivity contribution in [2.24, 2.45) is 11.3 Å². The van der Waals surface area contributed by atoms with Crippen molar-refractivity contribution in [2.45, 2.75) is 57.7 Å². The largest absolute Gasteiger partial charge is 0.102 e. The van der Waals surface area contributed by atoms with E-state index in [-0.39, 0.29) is 5.41 Å². The molecule has 1 aliphatic rings. The molecule has 1 saturated carbocycles. The zero-order chi connectivity index (χ0) is 10.6. The van der Waals surface area contributed by atoms with Crippen molar-refractivity contribution in [3.63, 3.8) is 0 Å². The Morgan fingerprint density at radius 3 is 2.57 bits per heavy atom. The summed E-state index contributed by atoms with van der Waals surface area (Å²) in [4.78, 5) is 0.748. The number of hydrogen-bond acceptors (Lipinski definition) is 0. The third-order valence-electron chi connectivity index (χ3n) is 2.57. The first-order valence-corrected chi connectivity index (χ1v) is 6.53. The van der Waals surface area contributed by atoms with Crippen molar-refractivity contribution >= 4 is 15.9 Å². The Morgan fingerprint density at radius 2 is 2.00 bits per heavy atom. The third-order valence-corrected chi connectivity index (χ3v) is 3.40. The molecule has 14 heavy (non-hydrogen) atoms. The highest BCUT2D eigenvalue weighted by atomic mass is 79.9. The Kier molecular flexibility index (Phi) is 4.51. The summed E-state index contributed by atoms with van der Waals surface area (Å²) in [5, 5.41) is 0. The van der Waals surface area contributed by atoms with E-state index in [1.807, 2.05) is 0 Å². The summed E-state index contributed by atoms with van der Waals surface area (Å²) in [5.41, 5.74) is 0.169. The molecule has 1 heteroatoms. The fraction of sp³-hybridized carbons (Fsp3) is 0.846. The highest BCUT2D eigenvalue weighted by Gasteiger charge is 2.18. The second kappa shape index (κ2) is 5.21. The van der Waals surface area contributed by atoms with E-state index >= 15 is 0 Å². The van der Waals surface area contributed by atoms with E-state index < -0.39 is 0 Å². The molecule has 0 aromatic carbocycles. The molecular weight excluding hydrogens is 236 g/mol. The van der Waals surface area contributed by atoms with Gasteiger partial charge in [0.1, 0.15) is 0 Å². The Hall–Kier alpha value is 0.0400. The van der Waals surface area contributed by atoms with Gasteiger partial charge in [-0.05, 0) is 46.0 Å². The Balaban J connectivity index is 2.33. The van der Waals surface area contributed by atoms with Crippen LogP contribution in [0.15, 0.2) is 0 Å². The maximum Gasteiger partial charge on any atom is 0.0230 e. The first kappa shape index (κ1) is 12.1.